The van der Waals surface area contributed by atoms with Gasteiger partial charge in [-0.1, -0.05) is 196 Å². The van der Waals surface area contributed by atoms with Crippen molar-refractivity contribution in [3.05, 3.63) is 230 Å². The molecule has 0 atom stereocenters. The number of fused-ring (bicyclic) bond motifs is 6. The maximum Gasteiger partial charge on any atom is 0.160 e. The van der Waals surface area contributed by atoms with Crippen LogP contribution in [0.1, 0.15) is 25.0 Å². The van der Waals surface area contributed by atoms with Gasteiger partial charge in [0.25, 0.3) is 0 Å². The largest absolute Gasteiger partial charge is 0.455 e. The first-order chi connectivity index (χ1) is 31.5. The summed E-state index contributed by atoms with van der Waals surface area (Å²) < 4.78 is 6.64. The van der Waals surface area contributed by atoms with E-state index in [0.717, 1.165) is 83.4 Å². The molecule has 1 aliphatic rings. The molecule has 0 spiro atoms. The molecule has 0 aliphatic heterocycles. The lowest BCUT2D eigenvalue weighted by molar-refractivity contribution is 0.660. The van der Waals surface area contributed by atoms with Crippen LogP contribution in [0.5, 0.6) is 0 Å². The summed E-state index contributed by atoms with van der Waals surface area (Å²) in [6.45, 7) is 4.67. The Labute approximate surface area is 373 Å². The Bertz CT molecular complexity index is 3560. The molecule has 9 aromatic carbocycles. The molecule has 0 saturated carbocycles. The number of nitrogens with zero attached hydrogens (tertiary/aromatic N) is 2. The van der Waals surface area contributed by atoms with E-state index in [0.29, 0.717) is 5.82 Å². The van der Waals surface area contributed by atoms with E-state index >= 15 is 0 Å². The molecule has 0 saturated heterocycles. The third-order valence-corrected chi connectivity index (χ3v) is 13.1. The van der Waals surface area contributed by atoms with Crippen LogP contribution < -0.4 is 0 Å². The van der Waals surface area contributed by atoms with Crippen LogP contribution in [-0.4, -0.2) is 9.97 Å². The summed E-state index contributed by atoms with van der Waals surface area (Å²) >= 11 is 0. The smallest absolute Gasteiger partial charge is 0.160 e. The van der Waals surface area contributed by atoms with Gasteiger partial charge in [-0.25, -0.2) is 9.97 Å². The van der Waals surface area contributed by atoms with Gasteiger partial charge in [0.1, 0.15) is 11.2 Å². The molecular formula is C61H42N2O. The van der Waals surface area contributed by atoms with Crippen molar-refractivity contribution in [1.29, 1.82) is 0 Å². The van der Waals surface area contributed by atoms with Gasteiger partial charge in [0.05, 0.1) is 11.4 Å². The summed E-state index contributed by atoms with van der Waals surface area (Å²) in [5.74, 6) is 0.675. The number of rotatable bonds is 7. The van der Waals surface area contributed by atoms with Gasteiger partial charge in [-0.15, -0.1) is 0 Å². The van der Waals surface area contributed by atoms with Gasteiger partial charge in [-0.2, -0.15) is 0 Å². The van der Waals surface area contributed by atoms with Crippen molar-refractivity contribution >= 4 is 21.9 Å². The van der Waals surface area contributed by atoms with Crippen molar-refractivity contribution in [3.63, 3.8) is 0 Å². The quantitative estimate of drug-likeness (QED) is 0.161. The average Bonchev–Trinajstić information content (AvgIpc) is 3.86. The van der Waals surface area contributed by atoms with E-state index in [1.165, 1.54) is 33.4 Å². The van der Waals surface area contributed by atoms with Crippen molar-refractivity contribution in [1.82, 2.24) is 9.97 Å². The predicted molar refractivity (Wildman–Crippen MR) is 265 cm³/mol. The number of hydrogen-bond acceptors (Lipinski definition) is 3. The normalized spacial score (nSPS) is 12.7. The molecule has 64 heavy (non-hydrogen) atoms. The van der Waals surface area contributed by atoms with Crippen molar-refractivity contribution in [3.8, 4) is 89.5 Å². The lowest BCUT2D eigenvalue weighted by Crippen LogP contribution is -2.14. The van der Waals surface area contributed by atoms with Gasteiger partial charge in [0, 0.05) is 38.4 Å². The van der Waals surface area contributed by atoms with E-state index < -0.39 is 0 Å². The van der Waals surface area contributed by atoms with Crippen LogP contribution in [0.4, 0.5) is 0 Å². The molecule has 0 amide bonds. The minimum Gasteiger partial charge on any atom is -0.455 e. The Balaban J connectivity index is 1.02. The molecular weight excluding hydrogens is 777 g/mol. The molecule has 0 bridgehead atoms. The summed E-state index contributed by atoms with van der Waals surface area (Å²) in [6, 6.07) is 77.9. The highest BCUT2D eigenvalue weighted by Gasteiger charge is 2.35. The fraction of sp³-hybridized carbons (Fsp3) is 0.0492. The van der Waals surface area contributed by atoms with Gasteiger partial charge >= 0.3 is 0 Å². The number of furan rings is 1. The summed E-state index contributed by atoms with van der Waals surface area (Å²) in [5, 5.41) is 2.20. The lowest BCUT2D eigenvalue weighted by atomic mass is 9.81. The minimum absolute atomic E-state index is 0.0630. The molecule has 302 valence electrons. The zero-order chi connectivity index (χ0) is 42.8. The van der Waals surface area contributed by atoms with E-state index in [4.69, 9.17) is 14.4 Å². The van der Waals surface area contributed by atoms with E-state index in [1.54, 1.807) is 0 Å². The summed E-state index contributed by atoms with van der Waals surface area (Å²) in [5.41, 5.74) is 20.8. The SMILES string of the molecule is CC1(C)c2ccccc2-c2ccc(-c3ccc(-c4cc(-c5cc(-c6ccccc6-c6ccccc6)cc(-c6cccc7c6oc6ccccc67)c5)nc(-c5ccccc5)n4)cc3)cc21. The highest BCUT2D eigenvalue weighted by molar-refractivity contribution is 6.10. The minimum atomic E-state index is -0.0630. The monoisotopic (exact) mass is 818 g/mol. The van der Waals surface area contributed by atoms with Crippen molar-refractivity contribution in [2.75, 3.05) is 0 Å². The second-order valence-corrected chi connectivity index (χ2v) is 17.3. The molecule has 3 heteroatoms. The standard InChI is InChI=1S/C61H42N2O/c1-61(2)54-26-13-11-22-50(54)51-33-32-43(37-55(51)61)39-28-30-41(31-29-39)56-38-57(63-60(62-56)42-18-7-4-8-19-42)46-35-44(48-21-10-9-20-47(48)40-16-5-3-6-17-40)34-45(36-46)49-24-15-25-53-52-23-12-14-27-58(52)64-59(49)53/h3-38H,1-2H3. The Kier molecular flexibility index (Phi) is 8.84. The summed E-state index contributed by atoms with van der Waals surface area (Å²) in [4.78, 5) is 10.6. The van der Waals surface area contributed by atoms with Gasteiger partial charge in [-0.3, -0.25) is 0 Å². The second kappa shape index (κ2) is 15.0. The van der Waals surface area contributed by atoms with Crippen LogP contribution in [0.25, 0.3) is 111 Å². The zero-order valence-corrected chi connectivity index (χ0v) is 35.6. The topological polar surface area (TPSA) is 38.9 Å². The van der Waals surface area contributed by atoms with Crippen LogP contribution in [0.2, 0.25) is 0 Å². The van der Waals surface area contributed by atoms with Crippen LogP contribution >= 0.6 is 0 Å². The number of hydrogen-bond donors (Lipinski definition) is 0. The summed E-state index contributed by atoms with van der Waals surface area (Å²) in [6.07, 6.45) is 0. The first-order valence-electron chi connectivity index (χ1n) is 22.0. The van der Waals surface area contributed by atoms with Crippen molar-refractivity contribution in [2.24, 2.45) is 0 Å². The van der Waals surface area contributed by atoms with Crippen LogP contribution in [0, 0.1) is 0 Å². The van der Waals surface area contributed by atoms with Crippen LogP contribution in [-0.2, 0) is 5.41 Å². The van der Waals surface area contributed by atoms with E-state index in [2.05, 4.69) is 202 Å². The first kappa shape index (κ1) is 37.6. The molecule has 0 fully saturated rings. The van der Waals surface area contributed by atoms with Gasteiger partial charge in [0.15, 0.2) is 5.82 Å². The molecule has 2 heterocycles. The molecule has 2 aromatic heterocycles. The molecule has 0 radical (unpaired) electrons. The maximum absolute atomic E-state index is 6.64. The Morgan fingerprint density at radius 1 is 0.328 bits per heavy atom. The van der Waals surface area contributed by atoms with Crippen LogP contribution in [0.15, 0.2) is 223 Å². The van der Waals surface area contributed by atoms with E-state index in [9.17, 15) is 0 Å². The zero-order valence-electron chi connectivity index (χ0n) is 35.6. The van der Waals surface area contributed by atoms with E-state index in [-0.39, 0.29) is 5.41 Å². The summed E-state index contributed by atoms with van der Waals surface area (Å²) in [7, 11) is 0. The highest BCUT2D eigenvalue weighted by Crippen LogP contribution is 2.50. The molecule has 12 rings (SSSR count). The van der Waals surface area contributed by atoms with Gasteiger partial charge in [-0.05, 0) is 97.6 Å². The Morgan fingerprint density at radius 3 is 1.62 bits per heavy atom. The van der Waals surface area contributed by atoms with Gasteiger partial charge < -0.3 is 4.42 Å². The molecule has 0 N–H and O–H groups in total. The lowest BCUT2D eigenvalue weighted by Gasteiger charge is -2.22. The Hall–Kier alpha value is -8.14. The predicted octanol–water partition coefficient (Wildman–Crippen LogP) is 16.4. The fourth-order valence-electron chi connectivity index (χ4n) is 9.84. The third-order valence-electron chi connectivity index (χ3n) is 13.1. The average molecular weight is 819 g/mol. The van der Waals surface area contributed by atoms with Crippen molar-refractivity contribution in [2.45, 2.75) is 19.3 Å². The molecule has 3 nitrogen and oxygen atoms in total. The molecule has 1 aliphatic carbocycles. The third kappa shape index (κ3) is 6.36. The number of benzene rings is 9. The molecule has 0 unspecified atom stereocenters. The highest BCUT2D eigenvalue weighted by atomic mass is 16.3. The second-order valence-electron chi connectivity index (χ2n) is 17.3. The number of aromatic nitrogens is 2. The Morgan fingerprint density at radius 2 is 0.859 bits per heavy atom. The maximum atomic E-state index is 6.64. The van der Waals surface area contributed by atoms with Crippen LogP contribution in [0.3, 0.4) is 0 Å². The van der Waals surface area contributed by atoms with Gasteiger partial charge in [0.2, 0.25) is 0 Å². The number of para-hydroxylation sites is 2. The van der Waals surface area contributed by atoms with E-state index in [1.807, 2.05) is 30.3 Å². The molecule has 11 aromatic rings. The first-order valence-corrected chi connectivity index (χ1v) is 22.0. The fourth-order valence-corrected chi connectivity index (χ4v) is 9.84. The van der Waals surface area contributed by atoms with Crippen molar-refractivity contribution < 1.29 is 4.42 Å².